The van der Waals surface area contributed by atoms with Crippen LogP contribution in [-0.4, -0.2) is 38.0 Å². The Balaban J connectivity index is 1.69. The number of aryl methyl sites for hydroxylation is 1. The van der Waals surface area contributed by atoms with Crippen LogP contribution >= 0.6 is 0 Å². The fraction of sp³-hybridized carbons (Fsp3) is 0.556. The maximum atomic E-state index is 11.5. The van der Waals surface area contributed by atoms with Gasteiger partial charge in [0.1, 0.15) is 0 Å². The van der Waals surface area contributed by atoms with E-state index in [-0.39, 0.29) is 11.8 Å². The monoisotopic (exact) mass is 316 g/mol. The Morgan fingerprint density at radius 2 is 2.00 bits per heavy atom. The third kappa shape index (κ3) is 6.72. The Bertz CT molecular complexity index is 538. The molecule has 1 aromatic carbocycles. The predicted octanol–water partition coefficient (Wildman–Crippen LogP) is 1.62. The third-order valence-corrected chi connectivity index (χ3v) is 3.76. The lowest BCUT2D eigenvalue weighted by Crippen LogP contribution is -2.41. The molecule has 1 aromatic rings. The molecule has 5 nitrogen and oxygen atoms in total. The van der Waals surface area contributed by atoms with Gasteiger partial charge in [0.25, 0.3) is 0 Å². The molecule has 3 N–H and O–H groups in total. The first-order chi connectivity index (χ1) is 11.2. The van der Waals surface area contributed by atoms with Crippen molar-refractivity contribution in [3.8, 4) is 0 Å². The first-order valence-electron chi connectivity index (χ1n) is 8.54. The number of carbonyl (C=O) groups is 1. The van der Waals surface area contributed by atoms with Crippen LogP contribution in [0.4, 0.5) is 0 Å². The molecule has 0 radical (unpaired) electrons. The van der Waals surface area contributed by atoms with Crippen LogP contribution < -0.4 is 16.0 Å². The predicted molar refractivity (Wildman–Crippen MR) is 94.6 cm³/mol. The van der Waals surface area contributed by atoms with Gasteiger partial charge in [0.05, 0.1) is 0 Å². The summed E-state index contributed by atoms with van der Waals surface area (Å²) >= 11 is 0. The molecule has 0 saturated heterocycles. The summed E-state index contributed by atoms with van der Waals surface area (Å²) in [5.41, 5.74) is 2.59. The second-order valence-electron chi connectivity index (χ2n) is 5.99. The van der Waals surface area contributed by atoms with Crippen molar-refractivity contribution >= 4 is 11.9 Å². The van der Waals surface area contributed by atoms with E-state index in [9.17, 15) is 4.79 Å². The smallest absolute Gasteiger partial charge is 0.223 e. The average molecular weight is 316 g/mol. The van der Waals surface area contributed by atoms with Gasteiger partial charge in [-0.25, -0.2) is 0 Å². The van der Waals surface area contributed by atoms with Gasteiger partial charge in [0.2, 0.25) is 5.91 Å². The van der Waals surface area contributed by atoms with E-state index in [1.54, 1.807) is 0 Å². The number of aliphatic imine (C=N–C) groups is 1. The third-order valence-electron chi connectivity index (χ3n) is 3.76. The zero-order chi connectivity index (χ0) is 16.5. The van der Waals surface area contributed by atoms with Gasteiger partial charge in [0, 0.05) is 32.1 Å². The molecule has 0 atom stereocenters. The fourth-order valence-electron chi connectivity index (χ4n) is 2.36. The molecule has 2 rings (SSSR count). The molecule has 1 aliphatic carbocycles. The highest BCUT2D eigenvalue weighted by atomic mass is 16.2. The summed E-state index contributed by atoms with van der Waals surface area (Å²) in [4.78, 5) is 16.1. The van der Waals surface area contributed by atoms with Gasteiger partial charge in [-0.3, -0.25) is 9.79 Å². The normalized spacial score (nSPS) is 14.4. The molecule has 1 saturated carbocycles. The van der Waals surface area contributed by atoms with Crippen LogP contribution in [-0.2, 0) is 11.2 Å². The van der Waals surface area contributed by atoms with E-state index in [1.165, 1.54) is 11.1 Å². The Hall–Kier alpha value is -2.04. The first kappa shape index (κ1) is 17.3. The topological polar surface area (TPSA) is 65.5 Å². The molecule has 1 amide bonds. The van der Waals surface area contributed by atoms with Crippen molar-refractivity contribution in [3.63, 3.8) is 0 Å². The summed E-state index contributed by atoms with van der Waals surface area (Å²) in [6.45, 7) is 7.05. The molecule has 126 valence electrons. The Morgan fingerprint density at radius 1 is 1.22 bits per heavy atom. The van der Waals surface area contributed by atoms with Gasteiger partial charge in [-0.05, 0) is 38.7 Å². The quantitative estimate of drug-likeness (QED) is 0.388. The minimum Gasteiger partial charge on any atom is -0.357 e. The largest absolute Gasteiger partial charge is 0.357 e. The van der Waals surface area contributed by atoms with Crippen molar-refractivity contribution in [1.29, 1.82) is 0 Å². The highest BCUT2D eigenvalue weighted by Gasteiger charge is 2.28. The highest BCUT2D eigenvalue weighted by molar-refractivity contribution is 5.81. The van der Waals surface area contributed by atoms with Crippen LogP contribution in [0.25, 0.3) is 0 Å². The van der Waals surface area contributed by atoms with Gasteiger partial charge < -0.3 is 16.0 Å². The summed E-state index contributed by atoms with van der Waals surface area (Å²) in [6, 6.07) is 8.52. The summed E-state index contributed by atoms with van der Waals surface area (Å²) in [6.07, 6.45) is 3.02. The van der Waals surface area contributed by atoms with Gasteiger partial charge in [0.15, 0.2) is 5.96 Å². The molecule has 23 heavy (non-hydrogen) atoms. The Kier molecular flexibility index (Phi) is 6.91. The zero-order valence-corrected chi connectivity index (χ0v) is 14.2. The van der Waals surface area contributed by atoms with Gasteiger partial charge in [-0.2, -0.15) is 0 Å². The van der Waals surface area contributed by atoms with Crippen molar-refractivity contribution in [2.45, 2.75) is 33.1 Å². The summed E-state index contributed by atoms with van der Waals surface area (Å²) in [5, 5.41) is 9.43. The molecule has 0 bridgehead atoms. The molecule has 1 fully saturated rings. The van der Waals surface area contributed by atoms with Crippen molar-refractivity contribution < 1.29 is 4.79 Å². The summed E-state index contributed by atoms with van der Waals surface area (Å²) in [7, 11) is 0. The fourth-order valence-corrected chi connectivity index (χ4v) is 2.36. The molecular weight excluding hydrogens is 288 g/mol. The van der Waals surface area contributed by atoms with Gasteiger partial charge in [-0.15, -0.1) is 0 Å². The lowest BCUT2D eigenvalue weighted by molar-refractivity contribution is -0.122. The van der Waals surface area contributed by atoms with E-state index in [1.807, 2.05) is 6.92 Å². The van der Waals surface area contributed by atoms with Crippen LogP contribution in [0.15, 0.2) is 29.3 Å². The number of benzene rings is 1. The molecule has 0 unspecified atom stereocenters. The zero-order valence-electron chi connectivity index (χ0n) is 14.2. The molecule has 0 aliphatic heterocycles. The van der Waals surface area contributed by atoms with Crippen LogP contribution in [0.1, 0.15) is 30.9 Å². The number of hydrogen-bond acceptors (Lipinski definition) is 2. The minimum atomic E-state index is 0.188. The van der Waals surface area contributed by atoms with Crippen LogP contribution in [0.2, 0.25) is 0 Å². The number of nitrogens with zero attached hydrogens (tertiary/aromatic N) is 1. The van der Waals surface area contributed by atoms with E-state index in [2.05, 4.69) is 52.1 Å². The lowest BCUT2D eigenvalue weighted by Gasteiger charge is -2.12. The standard InChI is InChI=1S/C18H28N4O/c1-3-19-18(22-12-11-20-17(23)16-7-8-16)21-10-9-15-6-4-5-14(2)13-15/h4-6,13,16H,3,7-12H2,1-2H3,(H,20,23)(H2,19,21,22). The van der Waals surface area contributed by atoms with Crippen LogP contribution in [0.3, 0.4) is 0 Å². The second kappa shape index (κ2) is 9.18. The first-order valence-corrected chi connectivity index (χ1v) is 8.54. The Morgan fingerprint density at radius 3 is 2.70 bits per heavy atom. The molecule has 1 aliphatic rings. The average Bonchev–Trinajstić information content (AvgIpc) is 3.36. The van der Waals surface area contributed by atoms with E-state index in [0.29, 0.717) is 13.1 Å². The lowest BCUT2D eigenvalue weighted by atomic mass is 10.1. The minimum absolute atomic E-state index is 0.188. The molecule has 0 spiro atoms. The molecule has 0 heterocycles. The van der Waals surface area contributed by atoms with Crippen LogP contribution in [0.5, 0.6) is 0 Å². The molecule has 5 heteroatoms. The summed E-state index contributed by atoms with van der Waals surface area (Å²) < 4.78 is 0. The maximum Gasteiger partial charge on any atom is 0.223 e. The van der Waals surface area contributed by atoms with E-state index < -0.39 is 0 Å². The number of amides is 1. The molecule has 0 aromatic heterocycles. The van der Waals surface area contributed by atoms with Gasteiger partial charge in [-0.1, -0.05) is 29.8 Å². The number of carbonyl (C=O) groups excluding carboxylic acids is 1. The van der Waals surface area contributed by atoms with Crippen LogP contribution in [0, 0.1) is 12.8 Å². The van der Waals surface area contributed by atoms with E-state index in [4.69, 9.17) is 0 Å². The second-order valence-corrected chi connectivity index (χ2v) is 5.99. The maximum absolute atomic E-state index is 11.5. The van der Waals surface area contributed by atoms with Crippen molar-refractivity contribution in [2.75, 3.05) is 26.2 Å². The van der Waals surface area contributed by atoms with Gasteiger partial charge >= 0.3 is 0 Å². The SMILES string of the molecule is CCNC(=NCCc1cccc(C)c1)NCCNC(=O)C1CC1. The number of guanidine groups is 1. The van der Waals surface area contributed by atoms with Crippen molar-refractivity contribution in [3.05, 3.63) is 35.4 Å². The van der Waals surface area contributed by atoms with E-state index >= 15 is 0 Å². The number of rotatable bonds is 8. The van der Waals surface area contributed by atoms with E-state index in [0.717, 1.165) is 38.3 Å². The van der Waals surface area contributed by atoms with Crippen molar-refractivity contribution in [2.24, 2.45) is 10.9 Å². The number of nitrogens with one attached hydrogen (secondary N) is 3. The highest BCUT2D eigenvalue weighted by Crippen LogP contribution is 2.28. The number of hydrogen-bond donors (Lipinski definition) is 3. The Labute approximate surface area is 139 Å². The molecular formula is C18H28N4O. The summed E-state index contributed by atoms with van der Waals surface area (Å²) in [5.74, 6) is 1.26. The van der Waals surface area contributed by atoms with Crippen molar-refractivity contribution in [1.82, 2.24) is 16.0 Å².